The third-order valence-corrected chi connectivity index (χ3v) is 7.56. The molecule has 0 spiro atoms. The van der Waals surface area contributed by atoms with Gasteiger partial charge in [-0.1, -0.05) is 81.9 Å². The van der Waals surface area contributed by atoms with Crippen molar-refractivity contribution in [2.45, 2.75) is 134 Å². The average molecular weight is 517 g/mol. The van der Waals surface area contributed by atoms with E-state index in [9.17, 15) is 0 Å². The molecule has 37 heavy (non-hydrogen) atoms. The van der Waals surface area contributed by atoms with Crippen LogP contribution in [0.25, 0.3) is 6.08 Å². The minimum Gasteiger partial charge on any atom is -0.372 e. The Kier molecular flexibility index (Phi) is 10.2. The summed E-state index contributed by atoms with van der Waals surface area (Å²) in [7, 11) is 0. The molecule has 0 aromatic heterocycles. The van der Waals surface area contributed by atoms with Crippen LogP contribution >= 0.6 is 0 Å². The average Bonchev–Trinajstić information content (AvgIpc) is 3.48. The summed E-state index contributed by atoms with van der Waals surface area (Å²) in [6, 6.07) is 8.76. The molecule has 208 valence electrons. The molecule has 3 fully saturated rings. The fourth-order valence-corrected chi connectivity index (χ4v) is 5.58. The highest BCUT2D eigenvalue weighted by atomic mass is 16.8. The molecule has 0 amide bonds. The van der Waals surface area contributed by atoms with Crippen LogP contribution in [0.3, 0.4) is 0 Å². The number of hydrogen-bond acceptors (Lipinski definition) is 6. The molecule has 3 saturated heterocycles. The Labute approximate surface area is 224 Å². The molecule has 0 N–H and O–H groups in total. The van der Waals surface area contributed by atoms with Crippen LogP contribution in [-0.2, 0) is 34.8 Å². The van der Waals surface area contributed by atoms with Gasteiger partial charge in [0.2, 0.25) is 0 Å². The molecule has 4 rings (SSSR count). The quantitative estimate of drug-likeness (QED) is 0.239. The van der Waals surface area contributed by atoms with Crippen molar-refractivity contribution in [1.29, 1.82) is 0 Å². The molecule has 5 atom stereocenters. The maximum Gasteiger partial charge on any atom is 0.190 e. The van der Waals surface area contributed by atoms with Crippen molar-refractivity contribution in [3.63, 3.8) is 0 Å². The fraction of sp³-hybridized carbons (Fsp3) is 0.742. The van der Waals surface area contributed by atoms with Gasteiger partial charge >= 0.3 is 0 Å². The highest BCUT2D eigenvalue weighted by Gasteiger charge is 2.58. The van der Waals surface area contributed by atoms with Crippen LogP contribution in [0.4, 0.5) is 0 Å². The molecule has 0 unspecified atom stereocenters. The molecule has 1 aromatic rings. The molecule has 3 aliphatic heterocycles. The van der Waals surface area contributed by atoms with E-state index in [2.05, 4.69) is 30.8 Å². The van der Waals surface area contributed by atoms with Crippen LogP contribution in [-0.4, -0.2) is 55.5 Å². The van der Waals surface area contributed by atoms with Gasteiger partial charge < -0.3 is 28.4 Å². The van der Waals surface area contributed by atoms with Gasteiger partial charge in [-0.15, -0.1) is 0 Å². The van der Waals surface area contributed by atoms with E-state index in [1.165, 1.54) is 68.9 Å². The molecular weight excluding hydrogens is 468 g/mol. The smallest absolute Gasteiger partial charge is 0.190 e. The van der Waals surface area contributed by atoms with Crippen LogP contribution in [0.5, 0.6) is 0 Å². The highest BCUT2D eigenvalue weighted by molar-refractivity contribution is 5.47. The fourth-order valence-electron chi connectivity index (χ4n) is 5.58. The molecule has 6 nitrogen and oxygen atoms in total. The Balaban J connectivity index is 1.05. The van der Waals surface area contributed by atoms with E-state index in [-0.39, 0.29) is 24.4 Å². The lowest BCUT2D eigenvalue weighted by Crippen LogP contribution is -2.44. The molecule has 6 heteroatoms. The minimum absolute atomic E-state index is 0.182. The normalized spacial score (nSPS) is 30.0. The van der Waals surface area contributed by atoms with Gasteiger partial charge in [0.25, 0.3) is 0 Å². The van der Waals surface area contributed by atoms with E-state index in [1.54, 1.807) is 0 Å². The Morgan fingerprint density at radius 1 is 0.811 bits per heavy atom. The zero-order chi connectivity index (χ0) is 26.3. The van der Waals surface area contributed by atoms with Crippen molar-refractivity contribution in [1.82, 2.24) is 0 Å². The van der Waals surface area contributed by atoms with E-state index >= 15 is 0 Å². The van der Waals surface area contributed by atoms with Crippen LogP contribution in [0.2, 0.25) is 0 Å². The van der Waals surface area contributed by atoms with Crippen LogP contribution < -0.4 is 0 Å². The third-order valence-electron chi connectivity index (χ3n) is 7.56. The highest BCUT2D eigenvalue weighted by Crippen LogP contribution is 2.42. The molecular formula is C31H48O6. The molecule has 1 aromatic carbocycles. The van der Waals surface area contributed by atoms with Crippen molar-refractivity contribution in [3.05, 3.63) is 42.0 Å². The predicted octanol–water partition coefficient (Wildman–Crippen LogP) is 6.80. The Morgan fingerprint density at radius 3 is 2.08 bits per heavy atom. The largest absolute Gasteiger partial charge is 0.372 e. The third kappa shape index (κ3) is 8.35. The number of ether oxygens (including phenoxy) is 6. The molecule has 0 radical (unpaired) electrons. The second kappa shape index (κ2) is 13.2. The van der Waals surface area contributed by atoms with Gasteiger partial charge in [-0.3, -0.25) is 0 Å². The van der Waals surface area contributed by atoms with Crippen LogP contribution in [0.15, 0.2) is 30.8 Å². The summed E-state index contributed by atoms with van der Waals surface area (Å²) in [6.45, 7) is 12.7. The van der Waals surface area contributed by atoms with Gasteiger partial charge in [-0.2, -0.15) is 0 Å². The van der Waals surface area contributed by atoms with E-state index in [1.807, 2.05) is 33.8 Å². The topological polar surface area (TPSA) is 55.4 Å². The Hall–Kier alpha value is -1.28. The summed E-state index contributed by atoms with van der Waals surface area (Å²) in [5.41, 5.74) is 2.63. The first-order valence-corrected chi connectivity index (χ1v) is 14.4. The van der Waals surface area contributed by atoms with E-state index < -0.39 is 17.9 Å². The summed E-state index contributed by atoms with van der Waals surface area (Å²) in [5.74, 6) is -1.26. The maximum absolute atomic E-state index is 6.35. The van der Waals surface area contributed by atoms with E-state index in [4.69, 9.17) is 28.4 Å². The summed E-state index contributed by atoms with van der Waals surface area (Å²) >= 11 is 0. The summed E-state index contributed by atoms with van der Waals surface area (Å²) in [6.07, 6.45) is 13.2. The van der Waals surface area contributed by atoms with E-state index in [0.717, 1.165) is 6.42 Å². The monoisotopic (exact) mass is 516 g/mol. The number of benzene rings is 1. The standard InChI is InChI=1S/C31H48O6/c1-6-23-17-19-24(20-18-23)16-14-12-10-8-7-9-11-13-15-21-32-27-26(25-22-33-30(2,3)35-25)34-29-28(27)36-31(4,5)37-29/h6,17-20,25-29H,1,7-16,21-22H2,2-5H3/t25-,26+,27+,28-,29-/m1/s1. The Morgan fingerprint density at radius 2 is 1.46 bits per heavy atom. The van der Waals surface area contributed by atoms with Crippen molar-refractivity contribution in [3.8, 4) is 0 Å². The molecule has 3 aliphatic rings. The van der Waals surface area contributed by atoms with Crippen molar-refractivity contribution in [2.24, 2.45) is 0 Å². The summed E-state index contributed by atoms with van der Waals surface area (Å²) in [4.78, 5) is 0. The molecule has 0 saturated carbocycles. The van der Waals surface area contributed by atoms with E-state index in [0.29, 0.717) is 13.2 Å². The summed E-state index contributed by atoms with van der Waals surface area (Å²) in [5, 5.41) is 0. The molecule has 0 bridgehead atoms. The SMILES string of the molecule is C=Cc1ccc(CCCCCCCCCCCO[C@H]2[C@H]([C@H]3COC(C)(C)O3)O[C@@H]3OC(C)(C)O[C@@H]32)cc1. The number of unbranched alkanes of at least 4 members (excludes halogenated alkanes) is 8. The predicted molar refractivity (Wildman–Crippen MR) is 145 cm³/mol. The zero-order valence-corrected chi connectivity index (χ0v) is 23.4. The van der Waals surface area contributed by atoms with Gasteiger partial charge in [0, 0.05) is 6.61 Å². The lowest BCUT2D eigenvalue weighted by Gasteiger charge is -2.29. The number of hydrogen-bond donors (Lipinski definition) is 0. The molecule has 3 heterocycles. The number of aryl methyl sites for hydroxylation is 1. The van der Waals surface area contributed by atoms with Crippen molar-refractivity contribution in [2.75, 3.05) is 13.2 Å². The van der Waals surface area contributed by atoms with Gasteiger partial charge in [0.15, 0.2) is 17.9 Å². The Bertz CT molecular complexity index is 835. The van der Waals surface area contributed by atoms with Gasteiger partial charge in [0.1, 0.15) is 24.4 Å². The lowest BCUT2D eigenvalue weighted by atomic mass is 10.0. The number of rotatable bonds is 15. The number of fused-ring (bicyclic) bond motifs is 1. The minimum atomic E-state index is -0.661. The lowest BCUT2D eigenvalue weighted by molar-refractivity contribution is -0.236. The van der Waals surface area contributed by atoms with Crippen LogP contribution in [0, 0.1) is 0 Å². The maximum atomic E-state index is 6.35. The summed E-state index contributed by atoms with van der Waals surface area (Å²) < 4.78 is 36.5. The second-order valence-corrected chi connectivity index (χ2v) is 11.6. The van der Waals surface area contributed by atoms with Crippen LogP contribution in [0.1, 0.15) is 96.6 Å². The van der Waals surface area contributed by atoms with Gasteiger partial charge in [-0.25, -0.2) is 0 Å². The van der Waals surface area contributed by atoms with Gasteiger partial charge in [0.05, 0.1) is 6.61 Å². The first-order chi connectivity index (χ1) is 17.8. The van der Waals surface area contributed by atoms with Gasteiger partial charge in [-0.05, 0) is 58.1 Å². The first-order valence-electron chi connectivity index (χ1n) is 14.4. The van der Waals surface area contributed by atoms with Crippen molar-refractivity contribution < 1.29 is 28.4 Å². The first kappa shape index (κ1) is 28.7. The molecule has 0 aliphatic carbocycles. The zero-order valence-electron chi connectivity index (χ0n) is 23.4. The van der Waals surface area contributed by atoms with Crippen molar-refractivity contribution >= 4 is 6.08 Å². The second-order valence-electron chi connectivity index (χ2n) is 11.6.